The normalized spacial score (nSPS) is 20.6. The zero-order valence-electron chi connectivity index (χ0n) is 10.7. The van der Waals surface area contributed by atoms with Gasteiger partial charge in [-0.25, -0.2) is 4.79 Å². The molecule has 2 atom stereocenters. The third kappa shape index (κ3) is 4.73. The van der Waals surface area contributed by atoms with Crippen LogP contribution in [-0.2, 0) is 4.79 Å². The molecular weight excluding hydrogens is 218 g/mol. The van der Waals surface area contributed by atoms with Gasteiger partial charge in [0.15, 0.2) is 0 Å². The Labute approximate surface area is 103 Å². The van der Waals surface area contributed by atoms with Gasteiger partial charge in [0.05, 0.1) is 6.04 Å². The van der Waals surface area contributed by atoms with Crippen molar-refractivity contribution in [1.82, 2.24) is 10.6 Å². The highest BCUT2D eigenvalue weighted by atomic mass is 16.2. The molecule has 0 saturated heterocycles. The first-order valence-electron chi connectivity index (χ1n) is 6.37. The van der Waals surface area contributed by atoms with Gasteiger partial charge in [0.25, 0.3) is 0 Å². The third-order valence-corrected chi connectivity index (χ3v) is 3.51. The van der Waals surface area contributed by atoms with Crippen LogP contribution in [0.25, 0.3) is 0 Å². The first kappa shape index (κ1) is 14.0. The van der Waals surface area contributed by atoms with E-state index in [0.717, 1.165) is 0 Å². The van der Waals surface area contributed by atoms with E-state index in [2.05, 4.69) is 17.6 Å². The molecule has 1 saturated carbocycles. The summed E-state index contributed by atoms with van der Waals surface area (Å²) in [4.78, 5) is 22.1. The van der Waals surface area contributed by atoms with Crippen LogP contribution in [0.2, 0.25) is 0 Å². The van der Waals surface area contributed by atoms with Gasteiger partial charge < -0.3 is 11.1 Å². The molecule has 5 nitrogen and oxygen atoms in total. The van der Waals surface area contributed by atoms with E-state index in [-0.39, 0.29) is 11.9 Å². The standard InChI is InChI=1S/C12H23N3O2/c1-8(10-6-4-3-5-7-10)14-9(2)11(16)15-12(13)17/h8-10,14H,3-7H2,1-2H3,(H3,13,15,16,17). The van der Waals surface area contributed by atoms with Crippen LogP contribution in [0.15, 0.2) is 0 Å². The van der Waals surface area contributed by atoms with Crippen molar-refractivity contribution in [3.05, 3.63) is 0 Å². The minimum absolute atomic E-state index is 0.295. The van der Waals surface area contributed by atoms with Gasteiger partial charge >= 0.3 is 6.03 Å². The molecule has 5 heteroatoms. The van der Waals surface area contributed by atoms with Crippen molar-refractivity contribution in [2.24, 2.45) is 11.7 Å². The predicted octanol–water partition coefficient (Wildman–Crippen LogP) is 1.13. The summed E-state index contributed by atoms with van der Waals surface area (Å²) in [5, 5.41) is 5.32. The maximum Gasteiger partial charge on any atom is 0.318 e. The number of carbonyl (C=O) groups is 2. The fourth-order valence-electron chi connectivity index (χ4n) is 2.47. The molecule has 0 spiro atoms. The molecular formula is C12H23N3O2. The lowest BCUT2D eigenvalue weighted by molar-refractivity contribution is -0.121. The van der Waals surface area contributed by atoms with Crippen LogP contribution in [0.5, 0.6) is 0 Å². The van der Waals surface area contributed by atoms with E-state index in [0.29, 0.717) is 12.0 Å². The molecule has 17 heavy (non-hydrogen) atoms. The van der Waals surface area contributed by atoms with E-state index in [1.54, 1.807) is 6.92 Å². The van der Waals surface area contributed by atoms with Crippen molar-refractivity contribution in [2.75, 3.05) is 0 Å². The fourth-order valence-corrected chi connectivity index (χ4v) is 2.47. The molecule has 2 unspecified atom stereocenters. The second-order valence-electron chi connectivity index (χ2n) is 4.93. The monoisotopic (exact) mass is 241 g/mol. The summed E-state index contributed by atoms with van der Waals surface area (Å²) in [6, 6.07) is -0.891. The summed E-state index contributed by atoms with van der Waals surface area (Å²) in [5.41, 5.74) is 4.91. The van der Waals surface area contributed by atoms with Crippen molar-refractivity contribution in [1.29, 1.82) is 0 Å². The van der Waals surface area contributed by atoms with E-state index in [1.165, 1.54) is 32.1 Å². The maximum absolute atomic E-state index is 11.5. The predicted molar refractivity (Wildman–Crippen MR) is 66.4 cm³/mol. The number of primary amides is 1. The van der Waals surface area contributed by atoms with Crippen LogP contribution in [-0.4, -0.2) is 24.0 Å². The largest absolute Gasteiger partial charge is 0.351 e. The van der Waals surface area contributed by atoms with Crippen molar-refractivity contribution < 1.29 is 9.59 Å². The van der Waals surface area contributed by atoms with Crippen LogP contribution >= 0.6 is 0 Å². The lowest BCUT2D eigenvalue weighted by atomic mass is 9.84. The number of hydrogen-bond acceptors (Lipinski definition) is 3. The highest BCUT2D eigenvalue weighted by Gasteiger charge is 2.23. The lowest BCUT2D eigenvalue weighted by Gasteiger charge is -2.30. The summed E-state index contributed by atoms with van der Waals surface area (Å²) < 4.78 is 0. The summed E-state index contributed by atoms with van der Waals surface area (Å²) in [5.74, 6) is 0.271. The van der Waals surface area contributed by atoms with Gasteiger partial charge in [0.1, 0.15) is 0 Å². The van der Waals surface area contributed by atoms with Crippen molar-refractivity contribution in [3.63, 3.8) is 0 Å². The number of nitrogens with one attached hydrogen (secondary N) is 2. The van der Waals surface area contributed by atoms with E-state index >= 15 is 0 Å². The van der Waals surface area contributed by atoms with Gasteiger partial charge in [-0.1, -0.05) is 19.3 Å². The number of carbonyl (C=O) groups excluding carboxylic acids is 2. The van der Waals surface area contributed by atoms with Gasteiger partial charge in [0.2, 0.25) is 5.91 Å². The molecule has 0 aromatic rings. The van der Waals surface area contributed by atoms with E-state index < -0.39 is 6.03 Å². The van der Waals surface area contributed by atoms with Gasteiger partial charge in [-0.05, 0) is 32.6 Å². The third-order valence-electron chi connectivity index (χ3n) is 3.51. The van der Waals surface area contributed by atoms with Gasteiger partial charge in [0, 0.05) is 6.04 Å². The second kappa shape index (κ2) is 6.59. The zero-order chi connectivity index (χ0) is 12.8. The first-order valence-corrected chi connectivity index (χ1v) is 6.37. The molecule has 1 rings (SSSR count). The number of amides is 3. The van der Waals surface area contributed by atoms with Gasteiger partial charge in [-0.3, -0.25) is 10.1 Å². The van der Waals surface area contributed by atoms with Crippen LogP contribution in [0.3, 0.4) is 0 Å². The quantitative estimate of drug-likeness (QED) is 0.689. The number of hydrogen-bond donors (Lipinski definition) is 3. The SMILES string of the molecule is CC(NC(C)C1CCCCC1)C(=O)NC(N)=O. The van der Waals surface area contributed by atoms with Crippen molar-refractivity contribution >= 4 is 11.9 Å². The Morgan fingerprint density at radius 3 is 2.29 bits per heavy atom. The van der Waals surface area contributed by atoms with E-state index in [4.69, 9.17) is 5.73 Å². The molecule has 0 aliphatic heterocycles. The van der Waals surface area contributed by atoms with Crippen LogP contribution in [0.1, 0.15) is 46.0 Å². The Morgan fingerprint density at radius 1 is 1.18 bits per heavy atom. The topological polar surface area (TPSA) is 84.2 Å². The minimum atomic E-state index is -0.797. The van der Waals surface area contributed by atoms with Crippen LogP contribution in [0.4, 0.5) is 4.79 Å². The summed E-state index contributed by atoms with van der Waals surface area (Å²) >= 11 is 0. The number of rotatable bonds is 4. The molecule has 3 amide bonds. The van der Waals surface area contributed by atoms with Crippen molar-refractivity contribution in [3.8, 4) is 0 Å². The molecule has 98 valence electrons. The minimum Gasteiger partial charge on any atom is -0.351 e. The number of imide groups is 1. The first-order chi connectivity index (χ1) is 8.00. The molecule has 1 fully saturated rings. The molecule has 0 aromatic carbocycles. The summed E-state index contributed by atoms with van der Waals surface area (Å²) in [6.07, 6.45) is 6.31. The molecule has 0 aromatic heterocycles. The average molecular weight is 241 g/mol. The molecule has 0 radical (unpaired) electrons. The smallest absolute Gasteiger partial charge is 0.318 e. The second-order valence-corrected chi connectivity index (χ2v) is 4.93. The molecule has 4 N–H and O–H groups in total. The van der Waals surface area contributed by atoms with Crippen molar-refractivity contribution in [2.45, 2.75) is 58.0 Å². The Hall–Kier alpha value is -1.10. The lowest BCUT2D eigenvalue weighted by Crippen LogP contribution is -2.50. The number of nitrogens with two attached hydrogens (primary N) is 1. The Kier molecular flexibility index (Phi) is 5.41. The van der Waals surface area contributed by atoms with Crippen LogP contribution in [0, 0.1) is 5.92 Å². The Balaban J connectivity index is 2.35. The molecule has 1 aliphatic rings. The maximum atomic E-state index is 11.5. The Morgan fingerprint density at radius 2 is 1.76 bits per heavy atom. The highest BCUT2D eigenvalue weighted by molar-refractivity contribution is 5.96. The highest BCUT2D eigenvalue weighted by Crippen LogP contribution is 2.26. The molecule has 0 bridgehead atoms. The Bertz CT molecular complexity index is 275. The summed E-state index contributed by atoms with van der Waals surface area (Å²) in [7, 11) is 0. The van der Waals surface area contributed by atoms with E-state index in [1.807, 2.05) is 0 Å². The van der Waals surface area contributed by atoms with Gasteiger partial charge in [-0.15, -0.1) is 0 Å². The van der Waals surface area contributed by atoms with Crippen LogP contribution < -0.4 is 16.4 Å². The average Bonchev–Trinajstić information content (AvgIpc) is 2.29. The van der Waals surface area contributed by atoms with Gasteiger partial charge in [-0.2, -0.15) is 0 Å². The fraction of sp³-hybridized carbons (Fsp3) is 0.833. The molecule has 0 heterocycles. The zero-order valence-corrected chi connectivity index (χ0v) is 10.7. The molecule has 1 aliphatic carbocycles. The van der Waals surface area contributed by atoms with E-state index in [9.17, 15) is 9.59 Å². The summed E-state index contributed by atoms with van der Waals surface area (Å²) in [6.45, 7) is 3.85. The number of urea groups is 1.